The zero-order valence-electron chi connectivity index (χ0n) is 36.3. The topological polar surface area (TPSA) is 43.3 Å². The third-order valence-corrected chi connectivity index (χ3v) is 11.0. The number of rotatable bonds is 2. The van der Waals surface area contributed by atoms with E-state index < -0.39 is 12.7 Å². The number of para-hydroxylation sites is 2. The number of hydrogen-bond acceptors (Lipinski definition) is 3. The van der Waals surface area contributed by atoms with Crippen LogP contribution in [0.4, 0.5) is 0 Å². The predicted molar refractivity (Wildman–Crippen MR) is 235 cm³/mol. The van der Waals surface area contributed by atoms with E-state index in [1.54, 1.807) is 18.3 Å². The van der Waals surface area contributed by atoms with Gasteiger partial charge in [-0.2, -0.15) is 0 Å². The predicted octanol–water partition coefficient (Wildman–Crippen LogP) is 14.1. The SMILES string of the molecule is [2H]C([2H])([2H])c1c[c-]c(-c2cc(C(C)(C)C)c(C([2H])(C)C)cn2)cc1.[Ir].[c-]1cccc2c1c1nc3ccccc3n1c1cc3c(cc21)oc1cc2ccc4ccccc4c2cc13. The summed E-state index contributed by atoms with van der Waals surface area (Å²) in [6.45, 7) is 7.93. The molecular formula is C52H41IrN3O-2. The first-order valence-corrected chi connectivity index (χ1v) is 19.0. The Morgan fingerprint density at radius 1 is 0.719 bits per heavy atom. The van der Waals surface area contributed by atoms with Crippen LogP contribution >= 0.6 is 0 Å². The van der Waals surface area contributed by atoms with Crippen LogP contribution in [0.25, 0.3) is 93.1 Å². The van der Waals surface area contributed by atoms with Gasteiger partial charge in [0, 0.05) is 48.1 Å². The zero-order valence-corrected chi connectivity index (χ0v) is 34.7. The summed E-state index contributed by atoms with van der Waals surface area (Å²) in [5, 5.41) is 10.5. The van der Waals surface area contributed by atoms with E-state index in [2.05, 4.69) is 127 Å². The molecule has 4 aromatic heterocycles. The fourth-order valence-electron chi connectivity index (χ4n) is 8.20. The van der Waals surface area contributed by atoms with Crippen molar-refractivity contribution in [3.63, 3.8) is 0 Å². The van der Waals surface area contributed by atoms with Crippen molar-refractivity contribution in [3.8, 4) is 11.3 Å². The summed E-state index contributed by atoms with van der Waals surface area (Å²) in [6.07, 6.45) is 1.76. The van der Waals surface area contributed by atoms with Gasteiger partial charge in [0.2, 0.25) is 0 Å². The third-order valence-electron chi connectivity index (χ3n) is 11.0. The van der Waals surface area contributed by atoms with Crippen LogP contribution in [0.3, 0.4) is 0 Å². The molecule has 1 radical (unpaired) electrons. The molecule has 11 aromatic rings. The van der Waals surface area contributed by atoms with Crippen molar-refractivity contribution in [1.82, 2.24) is 14.4 Å². The Balaban J connectivity index is 0.000000168. The maximum Gasteiger partial charge on any atom is 0.136 e. The van der Waals surface area contributed by atoms with Crippen molar-refractivity contribution in [1.29, 1.82) is 0 Å². The van der Waals surface area contributed by atoms with E-state index in [1.807, 2.05) is 38.1 Å². The van der Waals surface area contributed by atoms with E-state index in [1.165, 1.54) is 27.6 Å². The summed E-state index contributed by atoms with van der Waals surface area (Å²) in [4.78, 5) is 9.50. The minimum atomic E-state index is -2.13. The second-order valence-electron chi connectivity index (χ2n) is 15.9. The van der Waals surface area contributed by atoms with Crippen LogP contribution in [0.15, 0.2) is 138 Å². The van der Waals surface area contributed by atoms with Gasteiger partial charge in [0.15, 0.2) is 0 Å². The first-order chi connectivity index (χ1) is 28.6. The smallest absolute Gasteiger partial charge is 0.136 e. The first kappa shape index (κ1) is 32.2. The number of pyridine rings is 2. The summed E-state index contributed by atoms with van der Waals surface area (Å²) in [7, 11) is 0. The van der Waals surface area contributed by atoms with Crippen LogP contribution in [0, 0.1) is 19.0 Å². The van der Waals surface area contributed by atoms with Gasteiger partial charge in [-0.15, -0.1) is 65.0 Å². The number of fused-ring (bicyclic) bond motifs is 14. The largest absolute Gasteiger partial charge is 0.456 e. The standard InChI is InChI=1S/C33H17N2O.C19H24N.Ir/c1-2-8-21-19(7-1)13-14-20-15-31-26(16-24(20)21)27-17-30-25(18-32(27)36-31)22-9-3-4-10-23(22)33-34-28-11-5-6-12-29(28)35(30)33;1-13(2)16-12-20-18(11-17(16)19(4,5)6)15-9-7-14(3)8-10-15;/h1-9,11-18H;7-9,11-13H,1-6H3;/q2*-1;/i;3D3,13D;. The summed E-state index contributed by atoms with van der Waals surface area (Å²) in [5.74, 6) is -0.733. The third kappa shape index (κ3) is 6.18. The Hall–Kier alpha value is -5.87. The van der Waals surface area contributed by atoms with E-state index in [0.29, 0.717) is 0 Å². The Morgan fingerprint density at radius 2 is 1.49 bits per heavy atom. The van der Waals surface area contributed by atoms with Gasteiger partial charge < -0.3 is 13.8 Å². The number of nitrogens with zero attached hydrogens (tertiary/aromatic N) is 3. The molecule has 0 aliphatic heterocycles. The summed E-state index contributed by atoms with van der Waals surface area (Å²) < 4.78 is 39.4. The molecule has 57 heavy (non-hydrogen) atoms. The van der Waals surface area contributed by atoms with Gasteiger partial charge in [-0.3, -0.25) is 4.98 Å². The number of furan rings is 1. The van der Waals surface area contributed by atoms with Crippen LogP contribution in [-0.4, -0.2) is 14.4 Å². The minimum Gasteiger partial charge on any atom is -0.456 e. The molecule has 0 saturated heterocycles. The molecule has 4 heterocycles. The molecule has 0 N–H and O–H groups in total. The molecular weight excluding hydrogens is 875 g/mol. The number of aryl methyl sites for hydroxylation is 1. The van der Waals surface area contributed by atoms with E-state index in [-0.39, 0.29) is 31.1 Å². The van der Waals surface area contributed by atoms with Crippen molar-refractivity contribution < 1.29 is 30.0 Å². The van der Waals surface area contributed by atoms with E-state index >= 15 is 0 Å². The van der Waals surface area contributed by atoms with Gasteiger partial charge in [0.05, 0.1) is 16.7 Å². The number of imidazole rings is 1. The molecule has 5 heteroatoms. The number of hydrogen-bond donors (Lipinski definition) is 0. The molecule has 4 nitrogen and oxygen atoms in total. The van der Waals surface area contributed by atoms with E-state index in [4.69, 9.17) is 14.9 Å². The molecule has 0 atom stereocenters. The quantitative estimate of drug-likeness (QED) is 0.128. The Kier molecular flexibility index (Phi) is 7.89. The van der Waals surface area contributed by atoms with Crippen LogP contribution in [-0.2, 0) is 25.5 Å². The van der Waals surface area contributed by atoms with Gasteiger partial charge in [-0.05, 0) is 91.5 Å². The maximum atomic E-state index is 8.36. The maximum absolute atomic E-state index is 8.36. The van der Waals surface area contributed by atoms with Crippen LogP contribution < -0.4 is 0 Å². The number of benzene rings is 7. The average molecular weight is 920 g/mol. The molecule has 0 amide bonds. The zero-order chi connectivity index (χ0) is 41.7. The fourth-order valence-corrected chi connectivity index (χ4v) is 8.20. The minimum absolute atomic E-state index is 0. The monoisotopic (exact) mass is 920 g/mol. The van der Waals surface area contributed by atoms with Crippen molar-refractivity contribution in [3.05, 3.63) is 162 Å². The second kappa shape index (κ2) is 14.0. The number of aromatic nitrogens is 3. The molecule has 0 aliphatic carbocycles. The van der Waals surface area contributed by atoms with Gasteiger partial charge in [-0.25, -0.2) is 0 Å². The first-order valence-electron chi connectivity index (χ1n) is 21.0. The van der Waals surface area contributed by atoms with Gasteiger partial charge in [0.25, 0.3) is 0 Å². The van der Waals surface area contributed by atoms with E-state index in [9.17, 15) is 0 Å². The van der Waals surface area contributed by atoms with Crippen LogP contribution in [0.2, 0.25) is 0 Å². The normalized spacial score (nSPS) is 13.5. The molecule has 0 fully saturated rings. The summed E-state index contributed by atoms with van der Waals surface area (Å²) >= 11 is 0. The molecule has 0 aliphatic rings. The van der Waals surface area contributed by atoms with Crippen molar-refractivity contribution in [2.45, 2.75) is 52.8 Å². The fraction of sp³-hybridized carbons (Fsp3) is 0.154. The van der Waals surface area contributed by atoms with Crippen molar-refractivity contribution in [2.24, 2.45) is 0 Å². The second-order valence-corrected chi connectivity index (χ2v) is 15.9. The Labute approximate surface area is 351 Å². The molecule has 0 saturated carbocycles. The molecule has 7 aromatic carbocycles. The Morgan fingerprint density at radius 3 is 2.30 bits per heavy atom. The van der Waals surface area contributed by atoms with Gasteiger partial charge in [0.1, 0.15) is 11.2 Å². The molecule has 281 valence electrons. The van der Waals surface area contributed by atoms with Gasteiger partial charge in [-0.1, -0.05) is 101 Å². The molecule has 0 bridgehead atoms. The van der Waals surface area contributed by atoms with Gasteiger partial charge >= 0.3 is 0 Å². The molecule has 0 spiro atoms. The van der Waals surface area contributed by atoms with Crippen molar-refractivity contribution in [2.75, 3.05) is 0 Å². The average Bonchev–Trinajstić information content (AvgIpc) is 3.79. The molecule has 0 unspecified atom stereocenters. The molecule has 11 rings (SSSR count). The Bertz CT molecular complexity index is 3500. The van der Waals surface area contributed by atoms with Crippen molar-refractivity contribution >= 4 is 81.8 Å². The van der Waals surface area contributed by atoms with Crippen LogP contribution in [0.1, 0.15) is 62.7 Å². The summed E-state index contributed by atoms with van der Waals surface area (Å²) in [6, 6.07) is 49.7. The summed E-state index contributed by atoms with van der Waals surface area (Å²) in [5.41, 5.74) is 9.55. The van der Waals surface area contributed by atoms with Crippen LogP contribution in [0.5, 0.6) is 0 Å². The van der Waals surface area contributed by atoms with E-state index in [0.717, 1.165) is 82.7 Å².